The lowest BCUT2D eigenvalue weighted by Gasteiger charge is -2.07. The third-order valence-electron chi connectivity index (χ3n) is 2.80. The van der Waals surface area contributed by atoms with E-state index in [1.165, 1.54) is 18.4 Å². The number of hydrogen-bond donors (Lipinski definition) is 2. The first kappa shape index (κ1) is 11.2. The van der Waals surface area contributed by atoms with Gasteiger partial charge in [-0.2, -0.15) is 0 Å². The summed E-state index contributed by atoms with van der Waals surface area (Å²) in [5, 5.41) is 8.87. The zero-order valence-electron chi connectivity index (χ0n) is 8.70. The molecule has 0 heterocycles. The van der Waals surface area contributed by atoms with E-state index in [2.05, 4.69) is 13.0 Å². The summed E-state index contributed by atoms with van der Waals surface area (Å²) in [6.07, 6.45) is 7.01. The Morgan fingerprint density at radius 2 is 2.36 bits per heavy atom. The van der Waals surface area contributed by atoms with Gasteiger partial charge in [0.05, 0.1) is 5.92 Å². The van der Waals surface area contributed by atoms with Gasteiger partial charge in [0.15, 0.2) is 0 Å². The van der Waals surface area contributed by atoms with E-state index in [9.17, 15) is 4.79 Å². The lowest BCUT2D eigenvalue weighted by Crippen LogP contribution is -2.30. The summed E-state index contributed by atoms with van der Waals surface area (Å²) < 4.78 is 0. The topological polar surface area (TPSA) is 63.3 Å². The van der Waals surface area contributed by atoms with Gasteiger partial charge in [-0.05, 0) is 19.3 Å². The normalized spacial score (nSPS) is 29.7. The summed E-state index contributed by atoms with van der Waals surface area (Å²) in [6, 6.07) is -0.180. The molecular weight excluding hydrogens is 178 g/mol. The number of allylic oxidation sites excluding steroid dienone is 1. The van der Waals surface area contributed by atoms with Crippen LogP contribution in [0.25, 0.3) is 0 Å². The Kier molecular flexibility index (Phi) is 4.14. The maximum atomic E-state index is 10.8. The van der Waals surface area contributed by atoms with Gasteiger partial charge in [0.25, 0.3) is 0 Å². The Labute approximate surface area is 85.0 Å². The summed E-state index contributed by atoms with van der Waals surface area (Å²) in [4.78, 5) is 10.8. The quantitative estimate of drug-likeness (QED) is 0.534. The van der Waals surface area contributed by atoms with Crippen LogP contribution in [0.15, 0.2) is 11.6 Å². The number of carbonyl (C=O) groups is 1. The monoisotopic (exact) mass is 197 g/mol. The van der Waals surface area contributed by atoms with Gasteiger partial charge in [-0.3, -0.25) is 4.79 Å². The summed E-state index contributed by atoms with van der Waals surface area (Å²) in [6.45, 7) is 2.15. The van der Waals surface area contributed by atoms with Crippen LogP contribution < -0.4 is 5.73 Å². The van der Waals surface area contributed by atoms with Crippen molar-refractivity contribution in [2.45, 2.75) is 45.1 Å². The third-order valence-corrected chi connectivity index (χ3v) is 2.80. The van der Waals surface area contributed by atoms with Crippen molar-refractivity contribution in [3.05, 3.63) is 11.6 Å². The predicted molar refractivity (Wildman–Crippen MR) is 55.9 cm³/mol. The molecule has 3 nitrogen and oxygen atoms in total. The molecule has 0 amide bonds. The smallest absolute Gasteiger partial charge is 0.308 e. The van der Waals surface area contributed by atoms with Crippen LogP contribution in [0.2, 0.25) is 0 Å². The molecule has 1 aliphatic carbocycles. The van der Waals surface area contributed by atoms with Gasteiger partial charge in [0.1, 0.15) is 0 Å². The molecule has 1 saturated carbocycles. The molecule has 80 valence electrons. The van der Waals surface area contributed by atoms with Crippen molar-refractivity contribution in [2.24, 2.45) is 11.7 Å². The van der Waals surface area contributed by atoms with Crippen LogP contribution in [0.5, 0.6) is 0 Å². The van der Waals surface area contributed by atoms with Crippen LogP contribution in [-0.2, 0) is 4.79 Å². The first-order valence-electron chi connectivity index (χ1n) is 5.31. The minimum Gasteiger partial charge on any atom is -0.481 e. The Balaban J connectivity index is 2.45. The highest BCUT2D eigenvalue weighted by molar-refractivity contribution is 5.72. The molecule has 1 rings (SSSR count). The second kappa shape index (κ2) is 5.15. The molecule has 0 bridgehead atoms. The van der Waals surface area contributed by atoms with Gasteiger partial charge < -0.3 is 10.8 Å². The summed E-state index contributed by atoms with van der Waals surface area (Å²) in [5.74, 6) is -1.11. The molecule has 2 atom stereocenters. The number of nitrogens with two attached hydrogens (primary N) is 1. The average Bonchev–Trinajstić information content (AvgIpc) is 2.47. The van der Waals surface area contributed by atoms with E-state index in [4.69, 9.17) is 10.8 Å². The van der Waals surface area contributed by atoms with E-state index in [0.717, 1.165) is 12.8 Å². The number of hydrogen-bond acceptors (Lipinski definition) is 2. The third kappa shape index (κ3) is 2.84. The molecule has 3 heteroatoms. The minimum atomic E-state index is -0.753. The molecule has 3 N–H and O–H groups in total. The van der Waals surface area contributed by atoms with Crippen LogP contribution in [0, 0.1) is 5.92 Å². The fraction of sp³-hybridized carbons (Fsp3) is 0.727. The van der Waals surface area contributed by atoms with E-state index < -0.39 is 5.97 Å². The standard InChI is InChI=1S/C11H19NO2/c1-2-3-4-5-8-6-9(11(13)14)10(12)7-8/h5,9-10H,2-4,6-7,12H2,1H3,(H,13,14)/t9-,10+/m1/s1. The van der Waals surface area contributed by atoms with E-state index >= 15 is 0 Å². The first-order chi connectivity index (χ1) is 6.65. The van der Waals surface area contributed by atoms with Gasteiger partial charge in [-0.1, -0.05) is 31.4 Å². The highest BCUT2D eigenvalue weighted by Crippen LogP contribution is 2.30. The SMILES string of the molecule is CCCCC=C1C[C@H](N)[C@H](C(=O)O)C1. The molecule has 0 aromatic rings. The van der Waals surface area contributed by atoms with Crippen molar-refractivity contribution in [1.29, 1.82) is 0 Å². The molecule has 1 aliphatic rings. The van der Waals surface area contributed by atoms with Gasteiger partial charge in [-0.25, -0.2) is 0 Å². The van der Waals surface area contributed by atoms with Crippen molar-refractivity contribution >= 4 is 5.97 Å². The van der Waals surface area contributed by atoms with Crippen LogP contribution in [0.4, 0.5) is 0 Å². The lowest BCUT2D eigenvalue weighted by atomic mass is 10.1. The maximum Gasteiger partial charge on any atom is 0.308 e. The zero-order chi connectivity index (χ0) is 10.6. The summed E-state index contributed by atoms with van der Waals surface area (Å²) >= 11 is 0. The van der Waals surface area contributed by atoms with Crippen LogP contribution in [0.3, 0.4) is 0 Å². The number of unbranched alkanes of at least 4 members (excludes halogenated alkanes) is 2. The predicted octanol–water partition coefficient (Wildman–Crippen LogP) is 1.92. The van der Waals surface area contributed by atoms with Crippen LogP contribution in [-0.4, -0.2) is 17.1 Å². The number of carboxylic acids is 1. The second-order valence-corrected chi connectivity index (χ2v) is 4.02. The number of rotatable bonds is 4. The number of carboxylic acid groups (broad SMARTS) is 1. The average molecular weight is 197 g/mol. The highest BCUT2D eigenvalue weighted by Gasteiger charge is 2.32. The highest BCUT2D eigenvalue weighted by atomic mass is 16.4. The van der Waals surface area contributed by atoms with E-state index in [0.29, 0.717) is 6.42 Å². The Hall–Kier alpha value is -0.830. The van der Waals surface area contributed by atoms with Crippen molar-refractivity contribution in [3.63, 3.8) is 0 Å². The fourth-order valence-electron chi connectivity index (χ4n) is 1.91. The second-order valence-electron chi connectivity index (χ2n) is 4.02. The van der Waals surface area contributed by atoms with Crippen molar-refractivity contribution in [3.8, 4) is 0 Å². The molecule has 0 aliphatic heterocycles. The van der Waals surface area contributed by atoms with E-state index in [1.54, 1.807) is 0 Å². The molecule has 0 unspecified atom stereocenters. The summed E-state index contributed by atoms with van der Waals surface area (Å²) in [5.41, 5.74) is 6.99. The summed E-state index contributed by atoms with van der Waals surface area (Å²) in [7, 11) is 0. The van der Waals surface area contributed by atoms with Gasteiger partial charge in [0.2, 0.25) is 0 Å². The Morgan fingerprint density at radius 1 is 1.64 bits per heavy atom. The molecule has 0 aromatic carbocycles. The lowest BCUT2D eigenvalue weighted by molar-refractivity contribution is -0.141. The molecule has 1 fully saturated rings. The Bertz CT molecular complexity index is 235. The molecular formula is C11H19NO2. The van der Waals surface area contributed by atoms with Crippen LogP contribution >= 0.6 is 0 Å². The minimum absolute atomic E-state index is 0.180. The van der Waals surface area contributed by atoms with Crippen LogP contribution in [0.1, 0.15) is 39.0 Å². The zero-order valence-corrected chi connectivity index (χ0v) is 8.70. The van der Waals surface area contributed by atoms with E-state index in [-0.39, 0.29) is 12.0 Å². The van der Waals surface area contributed by atoms with Crippen molar-refractivity contribution in [2.75, 3.05) is 0 Å². The van der Waals surface area contributed by atoms with Gasteiger partial charge in [0, 0.05) is 6.04 Å². The Morgan fingerprint density at radius 3 is 2.86 bits per heavy atom. The van der Waals surface area contributed by atoms with E-state index in [1.807, 2.05) is 0 Å². The molecule has 14 heavy (non-hydrogen) atoms. The fourth-order valence-corrected chi connectivity index (χ4v) is 1.91. The van der Waals surface area contributed by atoms with Crippen molar-refractivity contribution < 1.29 is 9.90 Å². The molecule has 0 spiro atoms. The number of aliphatic carboxylic acids is 1. The molecule has 0 saturated heterocycles. The van der Waals surface area contributed by atoms with Gasteiger partial charge >= 0.3 is 5.97 Å². The first-order valence-corrected chi connectivity index (χ1v) is 5.31. The maximum absolute atomic E-state index is 10.8. The molecule has 0 aromatic heterocycles. The largest absolute Gasteiger partial charge is 0.481 e. The van der Waals surface area contributed by atoms with Gasteiger partial charge in [-0.15, -0.1) is 0 Å². The van der Waals surface area contributed by atoms with Crippen molar-refractivity contribution in [1.82, 2.24) is 0 Å². The molecule has 0 radical (unpaired) electrons.